The third-order valence-corrected chi connectivity index (χ3v) is 4.22. The van der Waals surface area contributed by atoms with Gasteiger partial charge in [0, 0.05) is 0 Å². The Balaban J connectivity index is 2.32. The van der Waals surface area contributed by atoms with Crippen molar-refractivity contribution in [1.82, 2.24) is 0 Å². The summed E-state index contributed by atoms with van der Waals surface area (Å²) in [6.07, 6.45) is 3.42. The number of rotatable bonds is 4. The highest BCUT2D eigenvalue weighted by Gasteiger charge is 2.47. The molecule has 0 heterocycles. The first-order valence-corrected chi connectivity index (χ1v) is 6.40. The van der Waals surface area contributed by atoms with Crippen LogP contribution in [0, 0.1) is 11.3 Å². The monoisotopic (exact) mass is 232 g/mol. The number of carboxylic acid groups (broad SMARTS) is 1. The molecule has 0 radical (unpaired) electrons. The van der Waals surface area contributed by atoms with Crippen molar-refractivity contribution in [1.29, 1.82) is 0 Å². The van der Waals surface area contributed by atoms with Gasteiger partial charge in [-0.05, 0) is 36.3 Å². The smallest absolute Gasteiger partial charge is 0.310 e. The summed E-state index contributed by atoms with van der Waals surface area (Å²) in [7, 11) is 0. The molecule has 2 rings (SSSR count). The van der Waals surface area contributed by atoms with Gasteiger partial charge in [-0.1, -0.05) is 44.5 Å². The molecule has 0 saturated carbocycles. The largest absolute Gasteiger partial charge is 0.481 e. The molecule has 0 fully saturated rings. The van der Waals surface area contributed by atoms with Gasteiger partial charge in [-0.3, -0.25) is 4.79 Å². The summed E-state index contributed by atoms with van der Waals surface area (Å²) in [6.45, 7) is 4.21. The second-order valence-corrected chi connectivity index (χ2v) is 5.27. The predicted octanol–water partition coefficient (Wildman–Crippen LogP) is 3.29. The molecule has 0 saturated heterocycles. The molecule has 1 aliphatic carbocycles. The maximum atomic E-state index is 11.7. The van der Waals surface area contributed by atoms with Crippen LogP contribution in [0.25, 0.3) is 0 Å². The van der Waals surface area contributed by atoms with Gasteiger partial charge < -0.3 is 5.11 Å². The summed E-state index contributed by atoms with van der Waals surface area (Å²) in [5.74, 6) is -0.396. The SMILES string of the molecule is CCCC(C)C1(C(=O)O)Cc2ccccc2C1. The van der Waals surface area contributed by atoms with E-state index in [1.807, 2.05) is 12.1 Å². The zero-order valence-electron chi connectivity index (χ0n) is 10.6. The van der Waals surface area contributed by atoms with Crippen molar-refractivity contribution in [2.24, 2.45) is 11.3 Å². The van der Waals surface area contributed by atoms with Crippen LogP contribution in [0.2, 0.25) is 0 Å². The molecule has 1 unspecified atom stereocenters. The average molecular weight is 232 g/mol. The van der Waals surface area contributed by atoms with Gasteiger partial charge in [0.25, 0.3) is 0 Å². The lowest BCUT2D eigenvalue weighted by Gasteiger charge is -2.31. The quantitative estimate of drug-likeness (QED) is 0.865. The first kappa shape index (κ1) is 12.2. The van der Waals surface area contributed by atoms with E-state index in [9.17, 15) is 9.90 Å². The molecular weight excluding hydrogens is 212 g/mol. The molecule has 1 aromatic rings. The summed E-state index contributed by atoms with van der Waals surface area (Å²) < 4.78 is 0. The highest BCUT2D eigenvalue weighted by atomic mass is 16.4. The lowest BCUT2D eigenvalue weighted by Crippen LogP contribution is -2.38. The van der Waals surface area contributed by atoms with E-state index in [0.29, 0.717) is 12.8 Å². The number of carboxylic acids is 1. The van der Waals surface area contributed by atoms with Crippen LogP contribution < -0.4 is 0 Å². The van der Waals surface area contributed by atoms with Gasteiger partial charge in [-0.25, -0.2) is 0 Å². The molecule has 1 atom stereocenters. The van der Waals surface area contributed by atoms with Crippen molar-refractivity contribution >= 4 is 5.97 Å². The molecule has 17 heavy (non-hydrogen) atoms. The van der Waals surface area contributed by atoms with Gasteiger partial charge in [0.1, 0.15) is 0 Å². The Morgan fingerprint density at radius 2 is 1.88 bits per heavy atom. The normalized spacial score (nSPS) is 18.7. The number of hydrogen-bond donors (Lipinski definition) is 1. The predicted molar refractivity (Wildman–Crippen MR) is 68.0 cm³/mol. The van der Waals surface area contributed by atoms with E-state index in [1.54, 1.807) is 0 Å². The van der Waals surface area contributed by atoms with E-state index < -0.39 is 11.4 Å². The second-order valence-electron chi connectivity index (χ2n) is 5.27. The number of benzene rings is 1. The van der Waals surface area contributed by atoms with Gasteiger partial charge in [0.05, 0.1) is 5.41 Å². The van der Waals surface area contributed by atoms with Gasteiger partial charge >= 0.3 is 5.97 Å². The van der Waals surface area contributed by atoms with E-state index in [0.717, 1.165) is 12.8 Å². The van der Waals surface area contributed by atoms with Gasteiger partial charge in [-0.2, -0.15) is 0 Å². The number of hydrogen-bond acceptors (Lipinski definition) is 1. The lowest BCUT2D eigenvalue weighted by atomic mass is 9.72. The maximum Gasteiger partial charge on any atom is 0.310 e. The minimum absolute atomic E-state index is 0.234. The first-order chi connectivity index (χ1) is 8.10. The summed E-state index contributed by atoms with van der Waals surface area (Å²) >= 11 is 0. The molecule has 0 aromatic heterocycles. The van der Waals surface area contributed by atoms with E-state index >= 15 is 0 Å². The Kier molecular flexibility index (Phi) is 3.23. The zero-order valence-corrected chi connectivity index (χ0v) is 10.6. The fourth-order valence-electron chi connectivity index (χ4n) is 3.06. The minimum Gasteiger partial charge on any atom is -0.481 e. The summed E-state index contributed by atoms with van der Waals surface area (Å²) in [5.41, 5.74) is 1.87. The Bertz CT molecular complexity index is 398. The molecule has 0 aliphatic heterocycles. The average Bonchev–Trinajstić information content (AvgIpc) is 2.69. The summed E-state index contributed by atoms with van der Waals surface area (Å²) in [4.78, 5) is 11.7. The third kappa shape index (κ3) is 1.97. The van der Waals surface area contributed by atoms with Gasteiger partial charge in [0.2, 0.25) is 0 Å². The van der Waals surface area contributed by atoms with Crippen LogP contribution in [0.4, 0.5) is 0 Å². The minimum atomic E-state index is -0.630. The van der Waals surface area contributed by atoms with Crippen LogP contribution in [0.1, 0.15) is 37.8 Å². The van der Waals surface area contributed by atoms with Crippen molar-refractivity contribution < 1.29 is 9.90 Å². The van der Waals surface area contributed by atoms with Gasteiger partial charge in [-0.15, -0.1) is 0 Å². The lowest BCUT2D eigenvalue weighted by molar-refractivity contribution is -0.151. The molecule has 1 N–H and O–H groups in total. The van der Waals surface area contributed by atoms with Crippen molar-refractivity contribution in [3.63, 3.8) is 0 Å². The first-order valence-electron chi connectivity index (χ1n) is 6.40. The number of carbonyl (C=O) groups is 1. The molecule has 92 valence electrons. The molecule has 2 nitrogen and oxygen atoms in total. The molecular formula is C15H20O2. The van der Waals surface area contributed by atoms with Crippen molar-refractivity contribution in [2.75, 3.05) is 0 Å². The maximum absolute atomic E-state index is 11.7. The summed E-state index contributed by atoms with van der Waals surface area (Å²) in [6, 6.07) is 8.14. The standard InChI is InChI=1S/C15H20O2/c1-3-6-11(2)15(14(16)17)9-12-7-4-5-8-13(12)10-15/h4-5,7-8,11H,3,6,9-10H2,1-2H3,(H,16,17). The van der Waals surface area contributed by atoms with Crippen molar-refractivity contribution in [3.05, 3.63) is 35.4 Å². The molecule has 2 heteroatoms. The molecule has 0 bridgehead atoms. The number of fused-ring (bicyclic) bond motifs is 1. The Morgan fingerprint density at radius 3 is 2.29 bits per heavy atom. The van der Waals surface area contributed by atoms with Gasteiger partial charge in [0.15, 0.2) is 0 Å². The fourth-order valence-corrected chi connectivity index (χ4v) is 3.06. The highest BCUT2D eigenvalue weighted by molar-refractivity contribution is 5.77. The molecule has 1 aliphatic rings. The zero-order chi connectivity index (χ0) is 12.5. The van der Waals surface area contributed by atoms with E-state index in [4.69, 9.17) is 0 Å². The summed E-state index contributed by atoms with van der Waals surface area (Å²) in [5, 5.41) is 9.63. The Labute approximate surface area is 103 Å². The Hall–Kier alpha value is -1.31. The second kappa shape index (κ2) is 4.52. The number of aliphatic carboxylic acids is 1. The van der Waals surface area contributed by atoms with E-state index in [2.05, 4.69) is 26.0 Å². The van der Waals surface area contributed by atoms with Crippen LogP contribution >= 0.6 is 0 Å². The van der Waals surface area contributed by atoms with E-state index in [1.165, 1.54) is 11.1 Å². The van der Waals surface area contributed by atoms with Crippen LogP contribution in [-0.2, 0) is 17.6 Å². The molecule has 0 spiro atoms. The Morgan fingerprint density at radius 1 is 1.35 bits per heavy atom. The molecule has 0 amide bonds. The van der Waals surface area contributed by atoms with E-state index in [-0.39, 0.29) is 5.92 Å². The van der Waals surface area contributed by atoms with Crippen LogP contribution in [0.3, 0.4) is 0 Å². The molecule has 1 aromatic carbocycles. The highest BCUT2D eigenvalue weighted by Crippen LogP contribution is 2.44. The topological polar surface area (TPSA) is 37.3 Å². The fraction of sp³-hybridized carbons (Fsp3) is 0.533. The van der Waals surface area contributed by atoms with Crippen molar-refractivity contribution in [2.45, 2.75) is 39.5 Å². The third-order valence-electron chi connectivity index (χ3n) is 4.22. The van der Waals surface area contributed by atoms with Crippen LogP contribution in [0.5, 0.6) is 0 Å². The van der Waals surface area contributed by atoms with Crippen LogP contribution in [0.15, 0.2) is 24.3 Å². The van der Waals surface area contributed by atoms with Crippen molar-refractivity contribution in [3.8, 4) is 0 Å². The van der Waals surface area contributed by atoms with Crippen LogP contribution in [-0.4, -0.2) is 11.1 Å².